The molecule has 0 bridgehead atoms. The lowest BCUT2D eigenvalue weighted by atomic mass is 9.77. The van der Waals surface area contributed by atoms with Gasteiger partial charge in [-0.05, 0) is 42.4 Å². The molecule has 1 aliphatic carbocycles. The zero-order chi connectivity index (χ0) is 14.0. The van der Waals surface area contributed by atoms with Crippen LogP contribution in [0.2, 0.25) is 0 Å². The second-order valence-corrected chi connectivity index (χ2v) is 5.67. The third-order valence-corrected chi connectivity index (χ3v) is 4.19. The van der Waals surface area contributed by atoms with Gasteiger partial charge in [0.2, 0.25) is 0 Å². The molecule has 106 valence electrons. The first-order chi connectivity index (χ1) is 8.88. The Labute approximate surface area is 112 Å². The van der Waals surface area contributed by atoms with Crippen molar-refractivity contribution in [1.82, 2.24) is 0 Å². The molecule has 1 fully saturated rings. The third kappa shape index (κ3) is 3.50. The molecule has 1 unspecified atom stereocenters. The van der Waals surface area contributed by atoms with Gasteiger partial charge in [-0.1, -0.05) is 31.9 Å². The van der Waals surface area contributed by atoms with Crippen LogP contribution in [0.1, 0.15) is 49.8 Å². The van der Waals surface area contributed by atoms with Crippen molar-refractivity contribution < 1.29 is 13.2 Å². The maximum absolute atomic E-state index is 12.5. The minimum Gasteiger partial charge on any atom is -0.324 e. The Balaban J connectivity index is 2.05. The van der Waals surface area contributed by atoms with Gasteiger partial charge >= 0.3 is 6.18 Å². The van der Waals surface area contributed by atoms with E-state index in [9.17, 15) is 13.2 Å². The van der Waals surface area contributed by atoms with Crippen molar-refractivity contribution >= 4 is 0 Å². The van der Waals surface area contributed by atoms with Gasteiger partial charge in [0.1, 0.15) is 0 Å². The maximum atomic E-state index is 12.5. The smallest absolute Gasteiger partial charge is 0.324 e. The van der Waals surface area contributed by atoms with Gasteiger partial charge in [0, 0.05) is 6.04 Å². The Hall–Kier alpha value is -1.03. The lowest BCUT2D eigenvalue weighted by Gasteiger charge is -2.31. The molecule has 0 aliphatic heterocycles. The fourth-order valence-corrected chi connectivity index (χ4v) is 2.81. The zero-order valence-electron chi connectivity index (χ0n) is 11.1. The molecule has 0 heterocycles. The highest BCUT2D eigenvalue weighted by molar-refractivity contribution is 5.27. The van der Waals surface area contributed by atoms with Crippen LogP contribution in [0.15, 0.2) is 24.3 Å². The van der Waals surface area contributed by atoms with Crippen LogP contribution in [-0.2, 0) is 6.18 Å². The molecule has 1 atom stereocenters. The Morgan fingerprint density at radius 1 is 1.05 bits per heavy atom. The molecule has 0 aromatic heterocycles. The maximum Gasteiger partial charge on any atom is 0.416 e. The standard InChI is InChI=1S/C15H20F3N/c1-10-2-4-11(5-3-10)14(19)12-6-8-13(9-7-12)15(16,17)18/h6-11,14H,2-5,19H2,1H3. The van der Waals surface area contributed by atoms with Crippen LogP contribution in [0.4, 0.5) is 13.2 Å². The van der Waals surface area contributed by atoms with E-state index in [1.807, 2.05) is 0 Å². The number of halogens is 3. The quantitative estimate of drug-likeness (QED) is 0.840. The van der Waals surface area contributed by atoms with Crippen molar-refractivity contribution in [3.05, 3.63) is 35.4 Å². The van der Waals surface area contributed by atoms with E-state index < -0.39 is 11.7 Å². The molecule has 0 spiro atoms. The van der Waals surface area contributed by atoms with E-state index in [4.69, 9.17) is 5.73 Å². The molecule has 1 nitrogen and oxygen atoms in total. The van der Waals surface area contributed by atoms with Crippen molar-refractivity contribution in [2.24, 2.45) is 17.6 Å². The summed E-state index contributed by atoms with van der Waals surface area (Å²) in [6.07, 6.45) is 0.202. The summed E-state index contributed by atoms with van der Waals surface area (Å²) in [7, 11) is 0. The number of nitrogens with two attached hydrogens (primary N) is 1. The predicted octanol–water partition coefficient (Wildman–Crippen LogP) is 4.53. The van der Waals surface area contributed by atoms with E-state index in [-0.39, 0.29) is 6.04 Å². The summed E-state index contributed by atoms with van der Waals surface area (Å²) in [6, 6.07) is 5.15. The van der Waals surface area contributed by atoms with Gasteiger partial charge in [0.25, 0.3) is 0 Å². The fraction of sp³-hybridized carbons (Fsp3) is 0.600. The predicted molar refractivity (Wildman–Crippen MR) is 69.5 cm³/mol. The van der Waals surface area contributed by atoms with Gasteiger partial charge in [0.15, 0.2) is 0 Å². The SMILES string of the molecule is CC1CCC(C(N)c2ccc(C(F)(F)F)cc2)CC1. The minimum atomic E-state index is -4.27. The molecule has 4 heteroatoms. The number of alkyl halides is 3. The highest BCUT2D eigenvalue weighted by Crippen LogP contribution is 2.36. The van der Waals surface area contributed by atoms with Gasteiger partial charge in [-0.2, -0.15) is 13.2 Å². The van der Waals surface area contributed by atoms with Gasteiger partial charge in [0.05, 0.1) is 5.56 Å². The second-order valence-electron chi connectivity index (χ2n) is 5.67. The average Bonchev–Trinajstić information content (AvgIpc) is 2.38. The highest BCUT2D eigenvalue weighted by atomic mass is 19.4. The molecule has 1 saturated carbocycles. The molecule has 2 rings (SSSR count). The molecule has 1 aromatic carbocycles. The first kappa shape index (κ1) is 14.4. The van der Waals surface area contributed by atoms with E-state index in [0.29, 0.717) is 5.92 Å². The van der Waals surface area contributed by atoms with Crippen LogP contribution in [-0.4, -0.2) is 0 Å². The normalized spacial score (nSPS) is 26.2. The monoisotopic (exact) mass is 271 g/mol. The van der Waals surface area contributed by atoms with Crippen molar-refractivity contribution in [3.8, 4) is 0 Å². The fourth-order valence-electron chi connectivity index (χ4n) is 2.81. The largest absolute Gasteiger partial charge is 0.416 e. The summed E-state index contributed by atoms with van der Waals surface area (Å²) in [6.45, 7) is 2.24. The lowest BCUT2D eigenvalue weighted by molar-refractivity contribution is -0.137. The van der Waals surface area contributed by atoms with Crippen LogP contribution in [0.3, 0.4) is 0 Å². The van der Waals surface area contributed by atoms with Crippen LogP contribution < -0.4 is 5.73 Å². The number of benzene rings is 1. The molecule has 0 radical (unpaired) electrons. The van der Waals surface area contributed by atoms with Crippen LogP contribution in [0, 0.1) is 11.8 Å². The van der Waals surface area contributed by atoms with E-state index >= 15 is 0 Å². The van der Waals surface area contributed by atoms with E-state index in [2.05, 4.69) is 6.92 Å². The van der Waals surface area contributed by atoms with Crippen LogP contribution >= 0.6 is 0 Å². The van der Waals surface area contributed by atoms with Crippen LogP contribution in [0.25, 0.3) is 0 Å². The number of rotatable bonds is 2. The highest BCUT2D eigenvalue weighted by Gasteiger charge is 2.31. The summed E-state index contributed by atoms with van der Waals surface area (Å²) in [5.74, 6) is 1.14. The van der Waals surface area contributed by atoms with E-state index in [1.54, 1.807) is 0 Å². The Morgan fingerprint density at radius 2 is 1.58 bits per heavy atom. The Kier molecular flexibility index (Phi) is 4.19. The first-order valence-corrected chi connectivity index (χ1v) is 6.80. The first-order valence-electron chi connectivity index (χ1n) is 6.80. The third-order valence-electron chi connectivity index (χ3n) is 4.19. The molecular formula is C15H20F3N. The van der Waals surface area contributed by atoms with Gasteiger partial charge in [-0.25, -0.2) is 0 Å². The van der Waals surface area contributed by atoms with Crippen molar-refractivity contribution in [2.75, 3.05) is 0 Å². The molecule has 0 saturated heterocycles. The van der Waals surface area contributed by atoms with Crippen molar-refractivity contribution in [2.45, 2.75) is 44.8 Å². The summed E-state index contributed by atoms with van der Waals surface area (Å²) < 4.78 is 37.5. The number of hydrogen-bond donors (Lipinski definition) is 1. The zero-order valence-corrected chi connectivity index (χ0v) is 11.1. The number of hydrogen-bond acceptors (Lipinski definition) is 1. The molecular weight excluding hydrogens is 251 g/mol. The van der Waals surface area contributed by atoms with Crippen molar-refractivity contribution in [1.29, 1.82) is 0 Å². The minimum absolute atomic E-state index is 0.144. The molecule has 19 heavy (non-hydrogen) atoms. The van der Waals surface area contributed by atoms with Gasteiger partial charge in [-0.15, -0.1) is 0 Å². The summed E-state index contributed by atoms with van der Waals surface area (Å²) in [4.78, 5) is 0. The molecule has 1 aromatic rings. The topological polar surface area (TPSA) is 26.0 Å². The van der Waals surface area contributed by atoms with Gasteiger partial charge in [-0.3, -0.25) is 0 Å². The molecule has 0 amide bonds. The Bertz CT molecular complexity index is 402. The Morgan fingerprint density at radius 3 is 2.05 bits per heavy atom. The van der Waals surface area contributed by atoms with Crippen molar-refractivity contribution in [3.63, 3.8) is 0 Å². The summed E-state index contributed by atoms with van der Waals surface area (Å²) >= 11 is 0. The van der Waals surface area contributed by atoms with Crippen LogP contribution in [0.5, 0.6) is 0 Å². The summed E-state index contributed by atoms with van der Waals surface area (Å²) in [5, 5.41) is 0. The van der Waals surface area contributed by atoms with E-state index in [0.717, 1.165) is 36.5 Å². The average molecular weight is 271 g/mol. The molecule has 1 aliphatic rings. The lowest BCUT2D eigenvalue weighted by Crippen LogP contribution is -2.25. The molecule has 2 N–H and O–H groups in total. The van der Waals surface area contributed by atoms with Gasteiger partial charge < -0.3 is 5.73 Å². The van der Waals surface area contributed by atoms with E-state index in [1.165, 1.54) is 25.0 Å². The summed E-state index contributed by atoms with van der Waals surface area (Å²) in [5.41, 5.74) is 6.40. The second kappa shape index (κ2) is 5.53.